The topological polar surface area (TPSA) is 168 Å². The Hall–Kier alpha value is -3.32. The van der Waals surface area contributed by atoms with Crippen molar-refractivity contribution in [3.05, 3.63) is 73.5 Å². The third kappa shape index (κ3) is 4.19. The van der Waals surface area contributed by atoms with E-state index in [0.29, 0.717) is 21.8 Å². The molecule has 3 aliphatic rings. The summed E-state index contributed by atoms with van der Waals surface area (Å²) >= 11 is 6.02. The van der Waals surface area contributed by atoms with Gasteiger partial charge in [-0.25, -0.2) is 0 Å². The molecule has 0 bridgehead atoms. The third-order valence-electron chi connectivity index (χ3n) is 7.38. The molecule has 0 aliphatic carbocycles. The van der Waals surface area contributed by atoms with Crippen molar-refractivity contribution in [2.45, 2.75) is 49.8 Å². The molecule has 196 valence electrons. The lowest BCUT2D eigenvalue weighted by molar-refractivity contribution is -0.769. The second kappa shape index (κ2) is 9.53. The van der Waals surface area contributed by atoms with E-state index in [2.05, 4.69) is 9.82 Å². The fourth-order valence-electron chi connectivity index (χ4n) is 5.89. The zero-order valence-electron chi connectivity index (χ0n) is 19.5. The zero-order chi connectivity index (χ0) is 26.5. The number of aromatic nitrogens is 1. The molecule has 3 aliphatic heterocycles. The van der Waals surface area contributed by atoms with Gasteiger partial charge in [0.15, 0.2) is 6.10 Å². The number of aliphatic carboxylic acids is 2. The Kier molecular flexibility index (Phi) is 6.52. The Morgan fingerprint density at radius 1 is 1.19 bits per heavy atom. The first kappa shape index (κ1) is 25.3. The monoisotopic (exact) mass is 534 g/mol. The van der Waals surface area contributed by atoms with Crippen LogP contribution in [0.3, 0.4) is 0 Å². The van der Waals surface area contributed by atoms with Crippen LogP contribution in [-0.2, 0) is 40.7 Å². The van der Waals surface area contributed by atoms with E-state index in [-0.39, 0.29) is 25.4 Å². The van der Waals surface area contributed by atoms with E-state index in [1.165, 1.54) is 0 Å². The average molecular weight is 535 g/mol. The van der Waals surface area contributed by atoms with Gasteiger partial charge in [0, 0.05) is 28.4 Å². The summed E-state index contributed by atoms with van der Waals surface area (Å²) in [5, 5.41) is 31.1. The van der Waals surface area contributed by atoms with E-state index in [1.54, 1.807) is 37.4 Å². The summed E-state index contributed by atoms with van der Waals surface area (Å²) in [6.07, 6.45) is -2.65. The summed E-state index contributed by atoms with van der Waals surface area (Å²) in [6.45, 7) is 1.26. The Labute approximate surface area is 215 Å². The minimum atomic E-state index is -2.02. The number of ether oxygens (including phenoxy) is 3. The number of hydrogen-bond donors (Lipinski definition) is 2. The number of carbonyl (C=O) groups is 2. The smallest absolute Gasteiger partial charge is 0.315 e. The molecule has 0 spiro atoms. The van der Waals surface area contributed by atoms with Gasteiger partial charge in [0.05, 0.1) is 32.3 Å². The molecule has 0 amide bonds. The summed E-state index contributed by atoms with van der Waals surface area (Å²) in [4.78, 5) is 45.3. The van der Waals surface area contributed by atoms with Gasteiger partial charge in [0.25, 0.3) is 5.09 Å². The number of benzene rings is 1. The quantitative estimate of drug-likeness (QED) is 0.377. The predicted octanol–water partition coefficient (Wildman–Crippen LogP) is 2.45. The van der Waals surface area contributed by atoms with Crippen LogP contribution in [0.5, 0.6) is 0 Å². The SMILES string of the molecule is Cc1ncc2c(c1[C@@](CC(=O)O)(C(=O)O)[C@H]1CO[C@H]3[C@@H]1OC[C@@H]3O[N+](=O)[O-])COC2c1ccc(Cl)cc1. The highest BCUT2D eigenvalue weighted by molar-refractivity contribution is 6.30. The fraction of sp³-hybridized carbons (Fsp3) is 0.458. The molecule has 2 aromatic rings. The van der Waals surface area contributed by atoms with Crippen LogP contribution >= 0.6 is 11.6 Å². The molecule has 0 radical (unpaired) electrons. The first-order chi connectivity index (χ1) is 17.6. The minimum Gasteiger partial charge on any atom is -0.481 e. The van der Waals surface area contributed by atoms with E-state index in [1.807, 2.05) is 0 Å². The number of nitrogens with zero attached hydrogens (tertiary/aromatic N) is 2. The van der Waals surface area contributed by atoms with Crippen molar-refractivity contribution in [2.24, 2.45) is 5.92 Å². The van der Waals surface area contributed by atoms with Crippen LogP contribution in [0.4, 0.5) is 0 Å². The van der Waals surface area contributed by atoms with Gasteiger partial charge in [-0.2, -0.15) is 0 Å². The summed E-state index contributed by atoms with van der Waals surface area (Å²) in [7, 11) is 0. The molecular formula is C24H23ClN2O10. The summed E-state index contributed by atoms with van der Waals surface area (Å²) in [5.41, 5.74) is 0.485. The lowest BCUT2D eigenvalue weighted by atomic mass is 9.64. The van der Waals surface area contributed by atoms with Gasteiger partial charge >= 0.3 is 11.9 Å². The maximum absolute atomic E-state index is 13.1. The highest BCUT2D eigenvalue weighted by atomic mass is 35.5. The molecule has 2 N–H and O–H groups in total. The molecule has 4 heterocycles. The van der Waals surface area contributed by atoms with E-state index in [0.717, 1.165) is 5.56 Å². The van der Waals surface area contributed by atoms with Crippen LogP contribution < -0.4 is 0 Å². The average Bonchev–Trinajstić information content (AvgIpc) is 3.54. The van der Waals surface area contributed by atoms with Crippen molar-refractivity contribution in [3.63, 3.8) is 0 Å². The first-order valence-electron chi connectivity index (χ1n) is 11.5. The first-order valence-corrected chi connectivity index (χ1v) is 11.9. The number of fused-ring (bicyclic) bond motifs is 2. The van der Waals surface area contributed by atoms with E-state index in [9.17, 15) is 29.9 Å². The zero-order valence-corrected chi connectivity index (χ0v) is 20.3. The van der Waals surface area contributed by atoms with Gasteiger partial charge in [-0.15, -0.1) is 10.1 Å². The standard InChI is InChI=1S/C24H23ClN2O10/c1-11-19(15-8-34-20(14(15)7-26-11)12-2-4-13(25)5-3-12)24(23(30)31,6-18(28)29)16-9-35-22-17(37-27(32)33)10-36-21(16)22/h2-5,7,16-17,20-22H,6,8-10H2,1H3,(H,28,29)(H,30,31)/t16-,17-,20?,21+,22+,24-/m0/s1. The Bertz CT molecular complexity index is 1250. The lowest BCUT2D eigenvalue weighted by Crippen LogP contribution is -2.51. The number of carboxylic acid groups (broad SMARTS) is 2. The largest absolute Gasteiger partial charge is 0.481 e. The molecular weight excluding hydrogens is 512 g/mol. The number of hydrogen-bond acceptors (Lipinski definition) is 9. The van der Waals surface area contributed by atoms with Gasteiger partial charge in [-0.1, -0.05) is 23.7 Å². The van der Waals surface area contributed by atoms with Crippen molar-refractivity contribution in [3.8, 4) is 0 Å². The van der Waals surface area contributed by atoms with Gasteiger partial charge < -0.3 is 29.3 Å². The molecule has 6 atom stereocenters. The molecule has 2 fully saturated rings. The van der Waals surface area contributed by atoms with Crippen LogP contribution in [0.1, 0.15) is 40.5 Å². The maximum Gasteiger partial charge on any atom is 0.315 e. The number of aryl methyl sites for hydroxylation is 1. The van der Waals surface area contributed by atoms with Crippen molar-refractivity contribution >= 4 is 23.5 Å². The van der Waals surface area contributed by atoms with E-state index in [4.69, 9.17) is 25.8 Å². The number of halogens is 1. The van der Waals surface area contributed by atoms with Crippen LogP contribution in [0.15, 0.2) is 30.5 Å². The molecule has 1 aromatic carbocycles. The second-order valence-electron chi connectivity index (χ2n) is 9.31. The number of carboxylic acids is 2. The Morgan fingerprint density at radius 3 is 2.54 bits per heavy atom. The normalized spacial score (nSPS) is 27.8. The van der Waals surface area contributed by atoms with Crippen LogP contribution in [-0.4, -0.2) is 63.7 Å². The highest BCUT2D eigenvalue weighted by Crippen LogP contribution is 2.50. The Balaban J connectivity index is 1.63. The maximum atomic E-state index is 13.1. The minimum absolute atomic E-state index is 0.0333. The molecule has 1 aromatic heterocycles. The van der Waals surface area contributed by atoms with Crippen molar-refractivity contribution < 1.29 is 43.9 Å². The highest BCUT2D eigenvalue weighted by Gasteiger charge is 2.62. The van der Waals surface area contributed by atoms with Gasteiger partial charge in [-0.05, 0) is 35.7 Å². The molecule has 13 heteroatoms. The van der Waals surface area contributed by atoms with Gasteiger partial charge in [-0.3, -0.25) is 14.6 Å². The van der Waals surface area contributed by atoms with Crippen molar-refractivity contribution in [2.75, 3.05) is 13.2 Å². The Morgan fingerprint density at radius 2 is 1.89 bits per heavy atom. The molecule has 5 rings (SSSR count). The van der Waals surface area contributed by atoms with E-state index >= 15 is 0 Å². The molecule has 2 saturated heterocycles. The van der Waals surface area contributed by atoms with Gasteiger partial charge in [0.2, 0.25) is 0 Å². The van der Waals surface area contributed by atoms with Crippen LogP contribution in [0, 0.1) is 23.0 Å². The van der Waals surface area contributed by atoms with Crippen molar-refractivity contribution in [1.29, 1.82) is 0 Å². The molecule has 1 unspecified atom stereocenters. The van der Waals surface area contributed by atoms with E-state index < -0.39 is 59.2 Å². The predicted molar refractivity (Wildman–Crippen MR) is 123 cm³/mol. The summed E-state index contributed by atoms with van der Waals surface area (Å²) in [6, 6.07) is 7.01. The molecule has 37 heavy (non-hydrogen) atoms. The third-order valence-corrected chi connectivity index (χ3v) is 7.63. The lowest BCUT2D eigenvalue weighted by Gasteiger charge is -2.38. The van der Waals surface area contributed by atoms with Crippen LogP contribution in [0.25, 0.3) is 0 Å². The molecule has 12 nitrogen and oxygen atoms in total. The summed E-state index contributed by atoms with van der Waals surface area (Å²) in [5.74, 6) is -3.72. The van der Waals surface area contributed by atoms with Crippen LogP contribution in [0.2, 0.25) is 5.02 Å². The number of pyridine rings is 1. The molecule has 0 saturated carbocycles. The number of rotatable bonds is 8. The van der Waals surface area contributed by atoms with Gasteiger partial charge in [0.1, 0.15) is 17.6 Å². The summed E-state index contributed by atoms with van der Waals surface area (Å²) < 4.78 is 17.6. The van der Waals surface area contributed by atoms with Crippen molar-refractivity contribution in [1.82, 2.24) is 4.98 Å². The second-order valence-corrected chi connectivity index (χ2v) is 9.75. The fourth-order valence-corrected chi connectivity index (χ4v) is 6.01.